The van der Waals surface area contributed by atoms with Gasteiger partial charge in [0.05, 0.1) is 22.5 Å². The van der Waals surface area contributed by atoms with E-state index in [2.05, 4.69) is 24.0 Å². The lowest BCUT2D eigenvalue weighted by Crippen LogP contribution is -2.50. The van der Waals surface area contributed by atoms with Crippen molar-refractivity contribution in [3.8, 4) is 5.75 Å². The summed E-state index contributed by atoms with van der Waals surface area (Å²) in [6.45, 7) is 2.24. The highest BCUT2D eigenvalue weighted by Crippen LogP contribution is 2.73. The van der Waals surface area contributed by atoms with E-state index in [0.29, 0.717) is 5.69 Å². The first-order valence-electron chi connectivity index (χ1n) is 11.5. The van der Waals surface area contributed by atoms with Crippen LogP contribution < -0.4 is 9.77 Å². The number of rotatable bonds is 2. The SMILES string of the molecule is C[C@]12Sc3[nH]c(=O)sc3[C@H](c3ccccc3)[C@H]1[C@H]1C[C@@H]2[C@H]2C(=O)N(c3ccc(O)cc3)C(=O)[C@@H]12. The second-order valence-corrected chi connectivity index (χ2v) is 12.5. The fourth-order valence-corrected chi connectivity index (χ4v) is 10.3. The summed E-state index contributed by atoms with van der Waals surface area (Å²) in [5.41, 5.74) is 1.68. The summed E-state index contributed by atoms with van der Waals surface area (Å²) < 4.78 is -0.260. The minimum atomic E-state index is -0.344. The minimum Gasteiger partial charge on any atom is -0.508 e. The first-order valence-corrected chi connectivity index (χ1v) is 13.2. The number of carbonyl (C=O) groups excluding carboxylic acids is 2. The number of aromatic nitrogens is 1. The maximum atomic E-state index is 13.7. The Bertz CT molecular complexity index is 1400. The highest BCUT2D eigenvalue weighted by atomic mass is 32.2. The lowest BCUT2D eigenvalue weighted by molar-refractivity contribution is -0.123. The van der Waals surface area contributed by atoms with Gasteiger partial charge >= 0.3 is 4.87 Å². The Morgan fingerprint density at radius 2 is 1.71 bits per heavy atom. The van der Waals surface area contributed by atoms with E-state index in [1.54, 1.807) is 23.9 Å². The third kappa shape index (κ3) is 2.50. The first-order chi connectivity index (χ1) is 16.4. The molecule has 1 aromatic heterocycles. The van der Waals surface area contributed by atoms with Gasteiger partial charge in [-0.2, -0.15) is 0 Å². The standard InChI is InChI=1S/C26H22N2O4S2/c1-26-16-11-15(18-19(16)24(31)28(23(18)30)13-7-9-14(29)10-8-13)20(26)17(12-5-3-2-4-6-12)21-22(34-26)27-25(32)33-21/h2-10,15-20,29H,11H2,1H3,(H,27,32)/t15-,16+,17+,18-,19+,20+,26+/m0/s1. The van der Waals surface area contributed by atoms with Gasteiger partial charge in [0, 0.05) is 15.5 Å². The molecule has 2 N–H and O–H groups in total. The Labute approximate surface area is 204 Å². The Kier molecular flexibility index (Phi) is 4.14. The van der Waals surface area contributed by atoms with Crippen LogP contribution in [0.4, 0.5) is 5.69 Å². The third-order valence-electron chi connectivity index (χ3n) is 8.55. The van der Waals surface area contributed by atoms with E-state index < -0.39 is 0 Å². The number of thioether (sulfide) groups is 1. The fourth-order valence-electron chi connectivity index (χ4n) is 7.39. The van der Waals surface area contributed by atoms with Crippen molar-refractivity contribution < 1.29 is 14.7 Å². The van der Waals surface area contributed by atoms with Gasteiger partial charge in [0.15, 0.2) is 0 Å². The average molecular weight is 491 g/mol. The van der Waals surface area contributed by atoms with E-state index in [9.17, 15) is 19.5 Å². The number of nitrogens with zero attached hydrogens (tertiary/aromatic N) is 1. The van der Waals surface area contributed by atoms with Crippen molar-refractivity contribution >= 4 is 40.6 Å². The molecule has 4 aliphatic rings. The van der Waals surface area contributed by atoms with Crippen LogP contribution in [0.1, 0.15) is 29.7 Å². The van der Waals surface area contributed by atoms with Crippen LogP contribution in [0.3, 0.4) is 0 Å². The third-order valence-corrected chi connectivity index (χ3v) is 11.2. The number of thiazole rings is 1. The van der Waals surface area contributed by atoms with Gasteiger partial charge in [0.25, 0.3) is 0 Å². The van der Waals surface area contributed by atoms with E-state index in [1.807, 2.05) is 18.2 Å². The number of aromatic amines is 1. The number of amides is 2. The molecule has 3 aromatic rings. The molecule has 7 rings (SSSR count). The molecular formula is C26H22N2O4S2. The van der Waals surface area contributed by atoms with Crippen LogP contribution in [-0.4, -0.2) is 26.7 Å². The number of hydrogen-bond donors (Lipinski definition) is 2. The summed E-state index contributed by atoms with van der Waals surface area (Å²) in [6, 6.07) is 16.6. The Balaban J connectivity index is 1.36. The van der Waals surface area contributed by atoms with Crippen molar-refractivity contribution in [2.45, 2.75) is 29.0 Å². The molecule has 172 valence electrons. The average Bonchev–Trinajstić information content (AvgIpc) is 3.53. The van der Waals surface area contributed by atoms with Gasteiger partial charge in [-0.1, -0.05) is 41.7 Å². The number of H-pyrrole nitrogens is 1. The van der Waals surface area contributed by atoms with Crippen LogP contribution in [-0.2, 0) is 9.59 Å². The van der Waals surface area contributed by atoms with Crippen LogP contribution in [0, 0.1) is 29.6 Å². The molecule has 0 unspecified atom stereocenters. The van der Waals surface area contributed by atoms with Crippen molar-refractivity contribution in [1.82, 2.24) is 4.98 Å². The summed E-state index contributed by atoms with van der Waals surface area (Å²) in [7, 11) is 0. The van der Waals surface area contributed by atoms with Crippen LogP contribution in [0.15, 0.2) is 64.4 Å². The Morgan fingerprint density at radius 1 is 1.00 bits per heavy atom. The molecule has 34 heavy (non-hydrogen) atoms. The van der Waals surface area contributed by atoms with E-state index in [1.165, 1.54) is 28.4 Å². The topological polar surface area (TPSA) is 90.5 Å². The monoisotopic (exact) mass is 490 g/mol. The molecule has 3 fully saturated rings. The molecular weight excluding hydrogens is 468 g/mol. The lowest BCUT2D eigenvalue weighted by atomic mass is 9.63. The normalized spacial score (nSPS) is 35.4. The molecule has 7 atom stereocenters. The molecule has 2 aromatic carbocycles. The van der Waals surface area contributed by atoms with Gasteiger partial charge in [-0.05, 0) is 60.9 Å². The quantitative estimate of drug-likeness (QED) is 0.525. The molecule has 3 heterocycles. The Hall–Kier alpha value is -2.84. The second kappa shape index (κ2) is 6.86. The number of fused-ring (bicyclic) bond motifs is 9. The number of phenolic OH excluding ortho intramolecular Hbond substituents is 1. The molecule has 0 spiro atoms. The highest BCUT2D eigenvalue weighted by Gasteiger charge is 2.73. The number of aromatic hydroxyl groups is 1. The molecule has 6 nitrogen and oxygen atoms in total. The Morgan fingerprint density at radius 3 is 2.44 bits per heavy atom. The van der Waals surface area contributed by atoms with Gasteiger partial charge in [-0.25, -0.2) is 0 Å². The summed E-state index contributed by atoms with van der Waals surface area (Å²) >= 11 is 2.98. The van der Waals surface area contributed by atoms with Gasteiger partial charge < -0.3 is 10.1 Å². The summed E-state index contributed by atoms with van der Waals surface area (Å²) in [5, 5.41) is 10.6. The lowest BCUT2D eigenvalue weighted by Gasteiger charge is -2.50. The molecule has 2 aliphatic carbocycles. The van der Waals surface area contributed by atoms with Crippen LogP contribution in [0.25, 0.3) is 0 Å². The van der Waals surface area contributed by atoms with Crippen molar-refractivity contribution in [1.29, 1.82) is 0 Å². The van der Waals surface area contributed by atoms with E-state index in [-0.39, 0.29) is 62.7 Å². The predicted octanol–water partition coefficient (Wildman–Crippen LogP) is 4.21. The van der Waals surface area contributed by atoms with Crippen molar-refractivity contribution in [3.05, 3.63) is 74.7 Å². The fraction of sp³-hybridized carbons (Fsp3) is 0.346. The first kappa shape index (κ1) is 20.5. The zero-order valence-electron chi connectivity index (χ0n) is 18.3. The molecule has 0 radical (unpaired) electrons. The molecule has 2 bridgehead atoms. The van der Waals surface area contributed by atoms with Gasteiger partial charge in [-0.3, -0.25) is 19.3 Å². The largest absolute Gasteiger partial charge is 0.508 e. The summed E-state index contributed by atoms with van der Waals surface area (Å²) in [5.74, 6) is -0.537. The predicted molar refractivity (Wildman–Crippen MR) is 130 cm³/mol. The van der Waals surface area contributed by atoms with Crippen molar-refractivity contribution in [2.24, 2.45) is 29.6 Å². The summed E-state index contributed by atoms with van der Waals surface area (Å²) in [6.07, 6.45) is 0.854. The van der Waals surface area contributed by atoms with Crippen molar-refractivity contribution in [3.63, 3.8) is 0 Å². The number of carbonyl (C=O) groups is 2. The maximum absolute atomic E-state index is 13.7. The van der Waals surface area contributed by atoms with E-state index in [0.717, 1.165) is 21.9 Å². The number of nitrogens with one attached hydrogen (secondary N) is 1. The van der Waals surface area contributed by atoms with Gasteiger partial charge in [0.1, 0.15) is 5.75 Å². The number of hydrogen-bond acceptors (Lipinski definition) is 6. The molecule has 2 saturated carbocycles. The van der Waals surface area contributed by atoms with Crippen LogP contribution in [0.5, 0.6) is 5.75 Å². The summed E-state index contributed by atoms with van der Waals surface area (Å²) in [4.78, 5) is 45.2. The van der Waals surface area contributed by atoms with E-state index >= 15 is 0 Å². The minimum absolute atomic E-state index is 0.0213. The van der Waals surface area contributed by atoms with E-state index in [4.69, 9.17) is 0 Å². The number of benzene rings is 2. The van der Waals surface area contributed by atoms with Gasteiger partial charge in [0.2, 0.25) is 11.8 Å². The van der Waals surface area contributed by atoms with Crippen LogP contribution >= 0.6 is 23.1 Å². The molecule has 1 saturated heterocycles. The molecule has 2 amide bonds. The van der Waals surface area contributed by atoms with Gasteiger partial charge in [-0.15, -0.1) is 11.8 Å². The number of phenols is 1. The zero-order chi connectivity index (χ0) is 23.4. The number of imide groups is 1. The second-order valence-electron chi connectivity index (χ2n) is 9.99. The number of anilines is 1. The maximum Gasteiger partial charge on any atom is 0.305 e. The van der Waals surface area contributed by atoms with Crippen LogP contribution in [0.2, 0.25) is 0 Å². The smallest absolute Gasteiger partial charge is 0.305 e. The highest BCUT2D eigenvalue weighted by molar-refractivity contribution is 8.00. The molecule has 2 aliphatic heterocycles. The zero-order valence-corrected chi connectivity index (χ0v) is 19.9. The van der Waals surface area contributed by atoms with Crippen molar-refractivity contribution in [2.75, 3.05) is 4.90 Å². The molecule has 8 heteroatoms.